The van der Waals surface area contributed by atoms with Crippen molar-refractivity contribution in [3.63, 3.8) is 0 Å². The van der Waals surface area contributed by atoms with Gasteiger partial charge in [0.1, 0.15) is 0 Å². The second-order valence-electron chi connectivity index (χ2n) is 7.82. The maximum absolute atomic E-state index is 12.7. The first-order valence-corrected chi connectivity index (χ1v) is 10.6. The summed E-state index contributed by atoms with van der Waals surface area (Å²) >= 11 is 0. The number of aromatic nitrogens is 4. The smallest absolute Gasteiger partial charge is 0.255 e. The molecule has 0 saturated carbocycles. The maximum atomic E-state index is 12.7. The van der Waals surface area contributed by atoms with Crippen molar-refractivity contribution in [3.05, 3.63) is 95.8 Å². The van der Waals surface area contributed by atoms with Crippen LogP contribution in [0.15, 0.2) is 79.1 Å². The van der Waals surface area contributed by atoms with Gasteiger partial charge in [0.2, 0.25) is 5.95 Å². The largest absolute Gasteiger partial charge is 0.324 e. The van der Waals surface area contributed by atoms with Gasteiger partial charge < -0.3 is 10.6 Å². The number of para-hydroxylation sites is 2. The van der Waals surface area contributed by atoms with Crippen LogP contribution in [0.4, 0.5) is 17.3 Å². The fraction of sp³-hybridized carbons (Fsp3) is 0.0769. The number of hydrogen-bond donors (Lipinski definition) is 3. The molecule has 0 aliphatic heterocycles. The molecule has 7 nitrogen and oxygen atoms in total. The average molecular weight is 435 g/mol. The molecule has 0 bridgehead atoms. The number of benzene rings is 3. The summed E-state index contributed by atoms with van der Waals surface area (Å²) in [4.78, 5) is 22.1. The van der Waals surface area contributed by atoms with Crippen molar-refractivity contribution in [3.8, 4) is 11.3 Å². The van der Waals surface area contributed by atoms with Crippen LogP contribution in [-0.4, -0.2) is 26.1 Å². The van der Waals surface area contributed by atoms with Crippen molar-refractivity contribution >= 4 is 34.1 Å². The molecular formula is C26H22N6O. The van der Waals surface area contributed by atoms with Gasteiger partial charge in [-0.3, -0.25) is 9.89 Å². The van der Waals surface area contributed by atoms with Gasteiger partial charge in [-0.25, -0.2) is 9.97 Å². The van der Waals surface area contributed by atoms with E-state index in [4.69, 9.17) is 4.98 Å². The maximum Gasteiger partial charge on any atom is 0.255 e. The zero-order valence-corrected chi connectivity index (χ0v) is 18.3. The van der Waals surface area contributed by atoms with E-state index in [1.165, 1.54) is 0 Å². The Morgan fingerprint density at radius 2 is 1.64 bits per heavy atom. The van der Waals surface area contributed by atoms with Gasteiger partial charge >= 0.3 is 0 Å². The summed E-state index contributed by atoms with van der Waals surface area (Å²) in [6.45, 7) is 3.97. The van der Waals surface area contributed by atoms with Gasteiger partial charge in [0.15, 0.2) is 0 Å². The first-order chi connectivity index (χ1) is 16.1. The predicted octanol–water partition coefficient (Wildman–Crippen LogP) is 5.63. The molecule has 33 heavy (non-hydrogen) atoms. The summed E-state index contributed by atoms with van der Waals surface area (Å²) in [7, 11) is 0. The molecule has 0 atom stereocenters. The molecule has 0 aliphatic rings. The summed E-state index contributed by atoms with van der Waals surface area (Å²) in [5.74, 6) is 0.320. The lowest BCUT2D eigenvalue weighted by Crippen LogP contribution is -2.13. The van der Waals surface area contributed by atoms with Crippen LogP contribution in [0.1, 0.15) is 21.5 Å². The molecule has 2 aromatic heterocycles. The summed E-state index contributed by atoms with van der Waals surface area (Å²) < 4.78 is 0. The third-order valence-electron chi connectivity index (χ3n) is 5.50. The Labute approximate surface area is 190 Å². The van der Waals surface area contributed by atoms with E-state index < -0.39 is 0 Å². The molecule has 0 fully saturated rings. The van der Waals surface area contributed by atoms with Crippen molar-refractivity contribution in [2.24, 2.45) is 0 Å². The SMILES string of the molecule is Cc1cccc(C)c1NC(=O)c1ccc(Nc2nc(-c3cn[nH]c3)c3ccccc3n2)cc1. The Bertz CT molecular complexity index is 1420. The van der Waals surface area contributed by atoms with E-state index >= 15 is 0 Å². The van der Waals surface area contributed by atoms with E-state index in [0.29, 0.717) is 11.5 Å². The van der Waals surface area contributed by atoms with E-state index in [9.17, 15) is 4.79 Å². The topological polar surface area (TPSA) is 95.6 Å². The summed E-state index contributed by atoms with van der Waals surface area (Å²) in [6, 6.07) is 21.0. The summed E-state index contributed by atoms with van der Waals surface area (Å²) in [5, 5.41) is 14.1. The van der Waals surface area contributed by atoms with Gasteiger partial charge in [-0.05, 0) is 55.3 Å². The van der Waals surface area contributed by atoms with E-state index in [-0.39, 0.29) is 5.91 Å². The third-order valence-corrected chi connectivity index (χ3v) is 5.50. The Morgan fingerprint density at radius 3 is 2.36 bits per heavy atom. The number of carbonyl (C=O) groups excluding carboxylic acids is 1. The number of aryl methyl sites for hydroxylation is 2. The Kier molecular flexibility index (Phi) is 5.28. The summed E-state index contributed by atoms with van der Waals surface area (Å²) in [6.07, 6.45) is 3.55. The van der Waals surface area contributed by atoms with Gasteiger partial charge in [-0.2, -0.15) is 5.10 Å². The Balaban J connectivity index is 1.39. The number of nitrogens with one attached hydrogen (secondary N) is 3. The number of hydrogen-bond acceptors (Lipinski definition) is 5. The van der Waals surface area contributed by atoms with Gasteiger partial charge in [-0.15, -0.1) is 0 Å². The molecule has 0 spiro atoms. The van der Waals surface area contributed by atoms with Gasteiger partial charge in [-0.1, -0.05) is 36.4 Å². The Morgan fingerprint density at radius 1 is 0.879 bits per heavy atom. The number of nitrogens with zero attached hydrogens (tertiary/aromatic N) is 3. The number of fused-ring (bicyclic) bond motifs is 1. The Hall–Kier alpha value is -4.52. The zero-order chi connectivity index (χ0) is 22.8. The standard InChI is InChI=1S/C26H22N6O/c1-16-6-5-7-17(2)23(16)31-25(33)18-10-12-20(13-11-18)29-26-30-22-9-4-3-8-21(22)24(32-26)19-14-27-28-15-19/h3-15H,1-2H3,(H,27,28)(H,31,33)(H,29,30,32). The lowest BCUT2D eigenvalue weighted by Gasteiger charge is -2.12. The molecule has 1 amide bonds. The van der Waals surface area contributed by atoms with Crippen molar-refractivity contribution in [1.29, 1.82) is 0 Å². The van der Waals surface area contributed by atoms with E-state index in [0.717, 1.165) is 44.7 Å². The quantitative estimate of drug-likeness (QED) is 0.333. The number of rotatable bonds is 5. The van der Waals surface area contributed by atoms with Gasteiger partial charge in [0, 0.05) is 34.1 Å². The van der Waals surface area contributed by atoms with Crippen LogP contribution >= 0.6 is 0 Å². The van der Waals surface area contributed by atoms with Gasteiger partial charge in [0.05, 0.1) is 17.4 Å². The lowest BCUT2D eigenvalue weighted by atomic mass is 10.1. The fourth-order valence-electron chi connectivity index (χ4n) is 3.76. The van der Waals surface area contributed by atoms with Crippen molar-refractivity contribution in [2.75, 3.05) is 10.6 Å². The first-order valence-electron chi connectivity index (χ1n) is 10.6. The van der Waals surface area contributed by atoms with E-state index in [1.807, 2.05) is 74.6 Å². The highest BCUT2D eigenvalue weighted by Crippen LogP contribution is 2.27. The van der Waals surface area contributed by atoms with E-state index in [1.54, 1.807) is 18.3 Å². The molecule has 162 valence electrons. The van der Waals surface area contributed by atoms with Crippen LogP contribution < -0.4 is 10.6 Å². The fourth-order valence-corrected chi connectivity index (χ4v) is 3.76. The van der Waals surface area contributed by atoms with Crippen molar-refractivity contribution in [1.82, 2.24) is 20.2 Å². The second-order valence-corrected chi connectivity index (χ2v) is 7.82. The molecule has 7 heteroatoms. The lowest BCUT2D eigenvalue weighted by molar-refractivity contribution is 0.102. The molecule has 0 radical (unpaired) electrons. The van der Waals surface area contributed by atoms with Crippen LogP contribution in [0.3, 0.4) is 0 Å². The minimum Gasteiger partial charge on any atom is -0.324 e. The molecule has 0 aliphatic carbocycles. The highest BCUT2D eigenvalue weighted by Gasteiger charge is 2.12. The molecule has 2 heterocycles. The number of amides is 1. The molecule has 5 rings (SSSR count). The van der Waals surface area contributed by atoms with Crippen LogP contribution in [0, 0.1) is 13.8 Å². The second kappa shape index (κ2) is 8.55. The third kappa shape index (κ3) is 4.16. The highest BCUT2D eigenvalue weighted by molar-refractivity contribution is 6.05. The minimum atomic E-state index is -0.150. The normalized spacial score (nSPS) is 10.8. The molecular weight excluding hydrogens is 412 g/mol. The monoisotopic (exact) mass is 434 g/mol. The predicted molar refractivity (Wildman–Crippen MR) is 131 cm³/mol. The van der Waals surface area contributed by atoms with Crippen LogP contribution in [0.2, 0.25) is 0 Å². The number of anilines is 3. The average Bonchev–Trinajstić information content (AvgIpc) is 3.36. The first kappa shape index (κ1) is 20.4. The molecule has 0 unspecified atom stereocenters. The highest BCUT2D eigenvalue weighted by atomic mass is 16.1. The number of carbonyl (C=O) groups is 1. The molecule has 3 aromatic carbocycles. The molecule has 3 N–H and O–H groups in total. The molecule has 0 saturated heterocycles. The zero-order valence-electron chi connectivity index (χ0n) is 18.3. The van der Waals surface area contributed by atoms with Crippen molar-refractivity contribution < 1.29 is 4.79 Å². The minimum absolute atomic E-state index is 0.150. The van der Waals surface area contributed by atoms with Crippen LogP contribution in [0.25, 0.3) is 22.2 Å². The van der Waals surface area contributed by atoms with Gasteiger partial charge in [0.25, 0.3) is 5.91 Å². The van der Waals surface area contributed by atoms with Crippen molar-refractivity contribution in [2.45, 2.75) is 13.8 Å². The number of aromatic amines is 1. The van der Waals surface area contributed by atoms with E-state index in [2.05, 4.69) is 25.8 Å². The molecule has 5 aromatic rings. The summed E-state index contributed by atoms with van der Waals surface area (Å²) in [5.41, 5.74) is 6.77. The number of H-pyrrole nitrogens is 1. The van der Waals surface area contributed by atoms with Crippen LogP contribution in [-0.2, 0) is 0 Å². The van der Waals surface area contributed by atoms with Crippen LogP contribution in [0.5, 0.6) is 0 Å².